The van der Waals surface area contributed by atoms with Crippen LogP contribution < -0.4 is 5.32 Å². The van der Waals surface area contributed by atoms with Gasteiger partial charge in [0.05, 0.1) is 5.56 Å². The number of carbonyl (C=O) groups excluding carboxylic acids is 1. The summed E-state index contributed by atoms with van der Waals surface area (Å²) >= 11 is 7.83. The first-order valence-electron chi connectivity index (χ1n) is 10.8. The molecule has 0 atom stereocenters. The van der Waals surface area contributed by atoms with Crippen molar-refractivity contribution in [2.45, 2.75) is 46.5 Å². The maximum Gasteiger partial charge on any atom is 0.266 e. The summed E-state index contributed by atoms with van der Waals surface area (Å²) in [6.45, 7) is 5.74. The number of anilines is 1. The van der Waals surface area contributed by atoms with Crippen molar-refractivity contribution in [3.8, 4) is 17.1 Å². The summed E-state index contributed by atoms with van der Waals surface area (Å²) in [5.74, 6) is -0.489. The highest BCUT2D eigenvalue weighted by atomic mass is 35.5. The van der Waals surface area contributed by atoms with Gasteiger partial charge in [-0.25, -0.2) is 0 Å². The van der Waals surface area contributed by atoms with Crippen LogP contribution in [0.1, 0.15) is 51.4 Å². The predicted octanol–water partition coefficient (Wildman–Crippen LogP) is 6.41. The van der Waals surface area contributed by atoms with Gasteiger partial charge in [-0.1, -0.05) is 17.7 Å². The average molecular weight is 475 g/mol. The van der Waals surface area contributed by atoms with Gasteiger partial charge in [-0.2, -0.15) is 10.5 Å². The molecule has 0 spiro atoms. The molecule has 0 fully saturated rings. The lowest BCUT2D eigenvalue weighted by atomic mass is 9.96. The van der Waals surface area contributed by atoms with Gasteiger partial charge in [0.2, 0.25) is 0 Å². The van der Waals surface area contributed by atoms with E-state index in [9.17, 15) is 15.3 Å². The number of nitrogens with zero attached hydrogens (tertiary/aromatic N) is 3. The SMILES string of the molecule is Cc1c(Cl)cccc1NC(=O)/C(C#N)=C/c1cc(C)n(-c2sc3c(c2C#N)CCCC3)c1C. The van der Waals surface area contributed by atoms with Crippen molar-refractivity contribution < 1.29 is 4.79 Å². The Morgan fingerprint density at radius 1 is 1.21 bits per heavy atom. The van der Waals surface area contributed by atoms with E-state index < -0.39 is 5.91 Å². The van der Waals surface area contributed by atoms with Gasteiger partial charge in [0, 0.05) is 27.0 Å². The molecule has 0 aliphatic heterocycles. The van der Waals surface area contributed by atoms with Crippen LogP contribution in [0.2, 0.25) is 5.02 Å². The number of nitriles is 2. The monoisotopic (exact) mass is 474 g/mol. The lowest BCUT2D eigenvalue weighted by Gasteiger charge is -2.10. The molecule has 0 saturated carbocycles. The molecular formula is C26H23ClN4OS. The normalized spacial score (nSPS) is 13.2. The number of hydrogen-bond acceptors (Lipinski definition) is 4. The molecule has 7 heteroatoms. The molecule has 0 radical (unpaired) electrons. The number of carbonyl (C=O) groups is 1. The summed E-state index contributed by atoms with van der Waals surface area (Å²) < 4.78 is 2.07. The Morgan fingerprint density at radius 3 is 2.70 bits per heavy atom. The first kappa shape index (κ1) is 22.9. The molecule has 1 amide bonds. The summed E-state index contributed by atoms with van der Waals surface area (Å²) in [6, 6.07) is 11.6. The first-order valence-corrected chi connectivity index (χ1v) is 12.0. The third-order valence-electron chi connectivity index (χ3n) is 6.12. The van der Waals surface area contributed by atoms with Gasteiger partial charge in [0.15, 0.2) is 0 Å². The number of nitrogens with one attached hydrogen (secondary N) is 1. The van der Waals surface area contributed by atoms with E-state index in [0.717, 1.165) is 58.8 Å². The van der Waals surface area contributed by atoms with Gasteiger partial charge in [-0.15, -0.1) is 11.3 Å². The second kappa shape index (κ2) is 9.27. The molecule has 2 aromatic heterocycles. The average Bonchev–Trinajstić information content (AvgIpc) is 3.30. The molecule has 33 heavy (non-hydrogen) atoms. The predicted molar refractivity (Wildman–Crippen MR) is 133 cm³/mol. The van der Waals surface area contributed by atoms with Crippen molar-refractivity contribution in [2.75, 3.05) is 5.32 Å². The lowest BCUT2D eigenvalue weighted by molar-refractivity contribution is -0.112. The number of aryl methyl sites for hydroxylation is 2. The fraction of sp³-hybridized carbons (Fsp3) is 0.269. The number of aromatic nitrogens is 1. The van der Waals surface area contributed by atoms with E-state index in [1.54, 1.807) is 35.6 Å². The fourth-order valence-corrected chi connectivity index (χ4v) is 5.93. The van der Waals surface area contributed by atoms with Crippen LogP contribution in [0.15, 0.2) is 29.8 Å². The van der Waals surface area contributed by atoms with Crippen LogP contribution in [0.3, 0.4) is 0 Å². The van der Waals surface area contributed by atoms with Gasteiger partial charge in [0.1, 0.15) is 22.7 Å². The molecule has 1 N–H and O–H groups in total. The minimum atomic E-state index is -0.489. The fourth-order valence-electron chi connectivity index (χ4n) is 4.31. The number of halogens is 1. The largest absolute Gasteiger partial charge is 0.321 e. The second-order valence-electron chi connectivity index (χ2n) is 8.20. The number of fused-ring (bicyclic) bond motifs is 1. The molecule has 4 rings (SSSR count). The van der Waals surface area contributed by atoms with Crippen LogP contribution in [0.5, 0.6) is 0 Å². The van der Waals surface area contributed by atoms with Crippen LogP contribution in [0.4, 0.5) is 5.69 Å². The number of rotatable bonds is 4. The van der Waals surface area contributed by atoms with Crippen LogP contribution >= 0.6 is 22.9 Å². The van der Waals surface area contributed by atoms with E-state index in [-0.39, 0.29) is 5.57 Å². The molecule has 0 saturated heterocycles. The summed E-state index contributed by atoms with van der Waals surface area (Å²) in [5.41, 5.74) is 5.87. The third kappa shape index (κ3) is 4.20. The molecule has 1 aromatic carbocycles. The van der Waals surface area contributed by atoms with Crippen LogP contribution in [0, 0.1) is 43.4 Å². The Bertz CT molecular complexity index is 1380. The van der Waals surface area contributed by atoms with E-state index >= 15 is 0 Å². The number of amides is 1. The summed E-state index contributed by atoms with van der Waals surface area (Å²) in [5, 5.41) is 23.8. The molecule has 0 unspecified atom stereocenters. The topological polar surface area (TPSA) is 81.6 Å². The maximum absolute atomic E-state index is 12.8. The molecule has 2 heterocycles. The highest BCUT2D eigenvalue weighted by Crippen LogP contribution is 2.38. The van der Waals surface area contributed by atoms with Crippen LogP contribution in [-0.2, 0) is 17.6 Å². The van der Waals surface area contributed by atoms with Crippen molar-refractivity contribution >= 4 is 40.6 Å². The van der Waals surface area contributed by atoms with E-state index in [4.69, 9.17) is 11.6 Å². The third-order valence-corrected chi connectivity index (χ3v) is 7.81. The zero-order valence-corrected chi connectivity index (χ0v) is 20.3. The Labute approximate surface area is 202 Å². The Hall–Kier alpha value is -3.32. The Balaban J connectivity index is 1.71. The van der Waals surface area contributed by atoms with Gasteiger partial charge < -0.3 is 9.88 Å². The second-order valence-corrected chi connectivity index (χ2v) is 9.69. The lowest BCUT2D eigenvalue weighted by Crippen LogP contribution is -2.14. The van der Waals surface area contributed by atoms with Gasteiger partial charge in [-0.3, -0.25) is 4.79 Å². The van der Waals surface area contributed by atoms with Crippen molar-refractivity contribution in [1.82, 2.24) is 4.57 Å². The van der Waals surface area contributed by atoms with Crippen LogP contribution in [0.25, 0.3) is 11.1 Å². The van der Waals surface area contributed by atoms with Gasteiger partial charge in [0.25, 0.3) is 5.91 Å². The Morgan fingerprint density at radius 2 is 1.97 bits per heavy atom. The molecule has 1 aliphatic rings. The zero-order valence-electron chi connectivity index (χ0n) is 18.8. The van der Waals surface area contributed by atoms with Gasteiger partial charge >= 0.3 is 0 Å². The number of thiophene rings is 1. The van der Waals surface area contributed by atoms with Crippen molar-refractivity contribution in [3.63, 3.8) is 0 Å². The van der Waals surface area contributed by atoms with Gasteiger partial charge in [-0.05, 0) is 87.4 Å². The van der Waals surface area contributed by atoms with E-state index in [1.807, 2.05) is 32.9 Å². The quantitative estimate of drug-likeness (QED) is 0.350. The molecule has 166 valence electrons. The maximum atomic E-state index is 12.8. The Kier molecular flexibility index (Phi) is 6.42. The van der Waals surface area contributed by atoms with E-state index in [0.29, 0.717) is 10.7 Å². The van der Waals surface area contributed by atoms with E-state index in [2.05, 4.69) is 16.0 Å². The zero-order chi connectivity index (χ0) is 23.7. The minimum Gasteiger partial charge on any atom is -0.321 e. The summed E-state index contributed by atoms with van der Waals surface area (Å²) in [7, 11) is 0. The van der Waals surface area contributed by atoms with Crippen molar-refractivity contribution in [2.24, 2.45) is 0 Å². The first-order chi connectivity index (χ1) is 15.8. The van der Waals surface area contributed by atoms with Crippen molar-refractivity contribution in [1.29, 1.82) is 10.5 Å². The van der Waals surface area contributed by atoms with E-state index in [1.165, 1.54) is 10.4 Å². The summed E-state index contributed by atoms with van der Waals surface area (Å²) in [4.78, 5) is 14.1. The molecular weight excluding hydrogens is 452 g/mol. The smallest absolute Gasteiger partial charge is 0.266 e. The van der Waals surface area contributed by atoms with Crippen molar-refractivity contribution in [3.05, 3.63) is 73.4 Å². The highest BCUT2D eigenvalue weighted by Gasteiger charge is 2.24. The number of benzene rings is 1. The van der Waals surface area contributed by atoms with Crippen LogP contribution in [-0.4, -0.2) is 10.5 Å². The standard InChI is InChI=1S/C26H23ClN4OS/c1-15-11-18(12-19(13-28)25(32)30-23-9-6-8-22(27)16(23)2)17(3)31(15)26-21(14-29)20-7-4-5-10-24(20)33-26/h6,8-9,11-12H,4-5,7,10H2,1-3H3,(H,30,32)/b19-12+. The molecule has 5 nitrogen and oxygen atoms in total. The molecule has 3 aromatic rings. The highest BCUT2D eigenvalue weighted by molar-refractivity contribution is 7.15. The molecule has 1 aliphatic carbocycles. The molecule has 0 bridgehead atoms. The minimum absolute atomic E-state index is 0.000561. The number of hydrogen-bond donors (Lipinski definition) is 1. The summed E-state index contributed by atoms with van der Waals surface area (Å²) in [6.07, 6.45) is 5.84.